The zero-order chi connectivity index (χ0) is 12.1. The molecule has 1 aromatic heterocycles. The number of carboxylic acids is 1. The monoisotopic (exact) mass is 250 g/mol. The number of rotatable bonds is 5. The second kappa shape index (κ2) is 5.44. The van der Waals surface area contributed by atoms with Crippen LogP contribution in [0, 0.1) is 0 Å². The quantitative estimate of drug-likeness (QED) is 0.774. The summed E-state index contributed by atoms with van der Waals surface area (Å²) in [5.74, 6) is -1.05. The van der Waals surface area contributed by atoms with Crippen molar-refractivity contribution in [3.8, 4) is 0 Å². The van der Waals surface area contributed by atoms with Gasteiger partial charge in [-0.15, -0.1) is 10.2 Å². The first-order chi connectivity index (χ1) is 8.27. The van der Waals surface area contributed by atoms with E-state index in [1.165, 1.54) is 11.8 Å². The minimum Gasteiger partial charge on any atom is -0.481 e. The Balaban J connectivity index is 2.06. The Morgan fingerprint density at radius 3 is 2.76 bits per heavy atom. The van der Waals surface area contributed by atoms with Crippen LogP contribution in [0.25, 0.3) is 0 Å². The van der Waals surface area contributed by atoms with Crippen LogP contribution in [0.15, 0.2) is 35.5 Å². The summed E-state index contributed by atoms with van der Waals surface area (Å²) in [4.78, 5) is 11.2. The molecule has 0 spiro atoms. The van der Waals surface area contributed by atoms with Gasteiger partial charge in [0.2, 0.25) is 5.16 Å². The van der Waals surface area contributed by atoms with Crippen molar-refractivity contribution < 1.29 is 9.90 Å². The van der Waals surface area contributed by atoms with E-state index in [0.29, 0.717) is 10.9 Å². The number of tetrazole rings is 1. The summed E-state index contributed by atoms with van der Waals surface area (Å²) in [5, 5.41) is 22.9. The third-order valence-corrected chi connectivity index (χ3v) is 3.14. The molecule has 0 saturated heterocycles. The Labute approximate surface area is 101 Å². The number of benzene rings is 1. The number of nitrogens with one attached hydrogen (secondary N) is 1. The van der Waals surface area contributed by atoms with E-state index in [9.17, 15) is 9.90 Å². The smallest absolute Gasteiger partial charge is 0.311 e. The summed E-state index contributed by atoms with van der Waals surface area (Å²) in [5.41, 5.74) is 0.774. The molecule has 0 aliphatic heterocycles. The van der Waals surface area contributed by atoms with E-state index in [-0.39, 0.29) is 0 Å². The number of aromatic nitrogens is 4. The van der Waals surface area contributed by atoms with Gasteiger partial charge in [-0.3, -0.25) is 4.79 Å². The summed E-state index contributed by atoms with van der Waals surface area (Å²) < 4.78 is 0. The number of carboxylic acid groups (broad SMARTS) is 1. The van der Waals surface area contributed by atoms with Crippen LogP contribution in [0.4, 0.5) is 0 Å². The number of H-pyrrole nitrogens is 1. The molecule has 88 valence electrons. The molecule has 0 aliphatic rings. The average molecular weight is 250 g/mol. The first kappa shape index (κ1) is 11.6. The molecule has 0 fully saturated rings. The third kappa shape index (κ3) is 3.04. The van der Waals surface area contributed by atoms with Gasteiger partial charge in [-0.25, -0.2) is 0 Å². The standard InChI is InChI=1S/C10H10N4O2S/c15-9(16)8(7-4-2-1-3-5-7)6-17-10-11-13-14-12-10/h1-5,8H,6H2,(H,15,16)(H,11,12,13,14). The fourth-order valence-corrected chi connectivity index (χ4v) is 2.22. The van der Waals surface area contributed by atoms with Crippen LogP contribution in [0.3, 0.4) is 0 Å². The average Bonchev–Trinajstić information content (AvgIpc) is 2.83. The molecule has 7 heteroatoms. The van der Waals surface area contributed by atoms with E-state index in [1.54, 1.807) is 12.1 Å². The molecule has 2 rings (SSSR count). The van der Waals surface area contributed by atoms with Gasteiger partial charge in [0.15, 0.2) is 0 Å². The zero-order valence-electron chi connectivity index (χ0n) is 8.78. The lowest BCUT2D eigenvalue weighted by Crippen LogP contribution is -2.14. The van der Waals surface area contributed by atoms with Crippen LogP contribution in [0.5, 0.6) is 0 Å². The van der Waals surface area contributed by atoms with E-state index < -0.39 is 11.9 Å². The molecule has 1 aromatic carbocycles. The molecule has 1 heterocycles. The minimum atomic E-state index is -0.854. The van der Waals surface area contributed by atoms with Crippen molar-refractivity contribution in [3.63, 3.8) is 0 Å². The van der Waals surface area contributed by atoms with Gasteiger partial charge in [0.05, 0.1) is 5.92 Å². The number of nitrogens with zero attached hydrogens (tertiary/aromatic N) is 3. The largest absolute Gasteiger partial charge is 0.481 e. The Hall–Kier alpha value is -1.89. The second-order valence-electron chi connectivity index (χ2n) is 3.31. The van der Waals surface area contributed by atoms with Gasteiger partial charge >= 0.3 is 5.97 Å². The summed E-state index contributed by atoms with van der Waals surface area (Å²) in [7, 11) is 0. The molecule has 1 atom stereocenters. The molecule has 6 nitrogen and oxygen atoms in total. The van der Waals surface area contributed by atoms with Crippen molar-refractivity contribution in [2.24, 2.45) is 0 Å². The highest BCUT2D eigenvalue weighted by molar-refractivity contribution is 7.99. The van der Waals surface area contributed by atoms with Crippen LogP contribution in [-0.4, -0.2) is 37.5 Å². The van der Waals surface area contributed by atoms with E-state index in [1.807, 2.05) is 18.2 Å². The Bertz CT molecular complexity index is 474. The number of aromatic amines is 1. The van der Waals surface area contributed by atoms with Gasteiger partial charge in [0.1, 0.15) is 0 Å². The van der Waals surface area contributed by atoms with Gasteiger partial charge in [-0.05, 0) is 10.8 Å². The number of thioether (sulfide) groups is 1. The Kier molecular flexibility index (Phi) is 3.71. The second-order valence-corrected chi connectivity index (χ2v) is 4.29. The molecule has 0 saturated carbocycles. The maximum atomic E-state index is 11.2. The van der Waals surface area contributed by atoms with Gasteiger partial charge < -0.3 is 5.11 Å². The van der Waals surface area contributed by atoms with E-state index in [4.69, 9.17) is 0 Å². The Morgan fingerprint density at radius 2 is 2.18 bits per heavy atom. The fraction of sp³-hybridized carbons (Fsp3) is 0.200. The summed E-state index contributed by atoms with van der Waals surface area (Å²) in [6.45, 7) is 0. The fourth-order valence-electron chi connectivity index (χ4n) is 1.37. The molecule has 17 heavy (non-hydrogen) atoms. The minimum absolute atomic E-state index is 0.374. The summed E-state index contributed by atoms with van der Waals surface area (Å²) in [6.07, 6.45) is 0. The summed E-state index contributed by atoms with van der Waals surface area (Å²) >= 11 is 1.26. The first-order valence-corrected chi connectivity index (χ1v) is 5.90. The van der Waals surface area contributed by atoms with Crippen molar-refractivity contribution in [2.75, 3.05) is 5.75 Å². The van der Waals surface area contributed by atoms with Crippen LogP contribution < -0.4 is 0 Å². The molecule has 2 N–H and O–H groups in total. The van der Waals surface area contributed by atoms with Crippen molar-refractivity contribution in [2.45, 2.75) is 11.1 Å². The highest BCUT2D eigenvalue weighted by Gasteiger charge is 2.20. The topological polar surface area (TPSA) is 91.8 Å². The van der Waals surface area contributed by atoms with Crippen molar-refractivity contribution in [1.29, 1.82) is 0 Å². The van der Waals surface area contributed by atoms with E-state index >= 15 is 0 Å². The molecule has 0 bridgehead atoms. The van der Waals surface area contributed by atoms with Gasteiger partial charge in [-0.1, -0.05) is 42.1 Å². The first-order valence-electron chi connectivity index (χ1n) is 4.91. The number of carbonyl (C=O) groups is 1. The predicted octanol–water partition coefficient (Wildman–Crippen LogP) is 1.16. The SMILES string of the molecule is O=C(O)C(CSc1nn[nH]n1)c1ccccc1. The van der Waals surface area contributed by atoms with Crippen molar-refractivity contribution >= 4 is 17.7 Å². The maximum absolute atomic E-state index is 11.2. The van der Waals surface area contributed by atoms with Crippen molar-refractivity contribution in [1.82, 2.24) is 20.6 Å². The van der Waals surface area contributed by atoms with Gasteiger partial charge in [0.25, 0.3) is 0 Å². The maximum Gasteiger partial charge on any atom is 0.311 e. The highest BCUT2D eigenvalue weighted by Crippen LogP contribution is 2.23. The molecule has 1 unspecified atom stereocenters. The molecular weight excluding hydrogens is 240 g/mol. The lowest BCUT2D eigenvalue weighted by Gasteiger charge is -2.10. The molecule has 0 radical (unpaired) electrons. The molecular formula is C10H10N4O2S. The number of hydrogen-bond acceptors (Lipinski definition) is 5. The van der Waals surface area contributed by atoms with Gasteiger partial charge in [-0.2, -0.15) is 5.21 Å². The lowest BCUT2D eigenvalue weighted by atomic mass is 10.0. The third-order valence-electron chi connectivity index (χ3n) is 2.21. The summed E-state index contributed by atoms with van der Waals surface area (Å²) in [6, 6.07) is 9.11. The van der Waals surface area contributed by atoms with Crippen LogP contribution >= 0.6 is 11.8 Å². The molecule has 0 amide bonds. The van der Waals surface area contributed by atoms with Crippen LogP contribution in [-0.2, 0) is 4.79 Å². The lowest BCUT2D eigenvalue weighted by molar-refractivity contribution is -0.138. The van der Waals surface area contributed by atoms with Crippen LogP contribution in [0.1, 0.15) is 11.5 Å². The van der Waals surface area contributed by atoms with Gasteiger partial charge in [0, 0.05) is 5.75 Å². The highest BCUT2D eigenvalue weighted by atomic mass is 32.2. The Morgan fingerprint density at radius 1 is 1.41 bits per heavy atom. The van der Waals surface area contributed by atoms with E-state index in [0.717, 1.165) is 5.56 Å². The van der Waals surface area contributed by atoms with E-state index in [2.05, 4.69) is 20.6 Å². The molecule has 2 aromatic rings. The predicted molar refractivity (Wildman–Crippen MR) is 61.7 cm³/mol. The van der Waals surface area contributed by atoms with Crippen LogP contribution in [0.2, 0.25) is 0 Å². The molecule has 0 aliphatic carbocycles. The van der Waals surface area contributed by atoms with Crippen molar-refractivity contribution in [3.05, 3.63) is 35.9 Å². The number of aliphatic carboxylic acids is 1. The normalized spacial score (nSPS) is 12.2. The number of hydrogen-bond donors (Lipinski definition) is 2. The zero-order valence-corrected chi connectivity index (χ0v) is 9.59.